The zero-order valence-corrected chi connectivity index (χ0v) is 18.5. The standard InChI is InChI=1S/C19H31BrN4S/c1-6-8-9-10-24(5)15(3)22-12-16(7-2)14-25-18-11-17(20)13-23-19(18)21-4/h11-13H,6-10,14H2,1-5H3,(H,21,23)/b16-12+,22-15+. The fraction of sp³-hybridized carbons (Fsp3) is 0.579. The molecule has 1 aromatic heterocycles. The van der Waals surface area contributed by atoms with Crippen LogP contribution in [-0.2, 0) is 0 Å². The van der Waals surface area contributed by atoms with Crippen LogP contribution in [0.15, 0.2) is 38.4 Å². The van der Waals surface area contributed by atoms with Gasteiger partial charge in [-0.05, 0) is 47.3 Å². The minimum atomic E-state index is 0.916. The molecular formula is C19H31BrN4S. The van der Waals surface area contributed by atoms with Crippen molar-refractivity contribution in [1.29, 1.82) is 0 Å². The Bertz CT molecular complexity index is 587. The molecule has 0 saturated carbocycles. The highest BCUT2D eigenvalue weighted by molar-refractivity contribution is 9.10. The number of amidine groups is 1. The van der Waals surface area contributed by atoms with Crippen LogP contribution >= 0.6 is 27.7 Å². The smallest absolute Gasteiger partial charge is 0.139 e. The number of unbranched alkanes of at least 4 members (excludes halogenated alkanes) is 2. The average molecular weight is 427 g/mol. The van der Waals surface area contributed by atoms with Crippen molar-refractivity contribution >= 4 is 39.3 Å². The predicted molar refractivity (Wildman–Crippen MR) is 116 cm³/mol. The van der Waals surface area contributed by atoms with Crippen LogP contribution in [-0.4, -0.2) is 42.1 Å². The third-order valence-corrected chi connectivity index (χ3v) is 5.58. The molecule has 0 fully saturated rings. The molecule has 25 heavy (non-hydrogen) atoms. The first kappa shape index (κ1) is 22.0. The zero-order chi connectivity index (χ0) is 18.7. The maximum Gasteiger partial charge on any atom is 0.139 e. The SMILES string of the molecule is CCCCCN(C)/C(C)=N/C=C(\CC)CSc1cc(Br)cnc1NC. The van der Waals surface area contributed by atoms with Crippen LogP contribution in [0.4, 0.5) is 5.82 Å². The van der Waals surface area contributed by atoms with E-state index in [0.29, 0.717) is 0 Å². The Labute approximate surface area is 165 Å². The third-order valence-electron chi connectivity index (χ3n) is 4.01. The maximum absolute atomic E-state index is 4.67. The Balaban J connectivity index is 2.67. The van der Waals surface area contributed by atoms with Crippen molar-refractivity contribution in [3.05, 3.63) is 28.5 Å². The van der Waals surface area contributed by atoms with E-state index in [4.69, 9.17) is 0 Å². The number of anilines is 1. The number of thioether (sulfide) groups is 1. The summed E-state index contributed by atoms with van der Waals surface area (Å²) >= 11 is 5.28. The highest BCUT2D eigenvalue weighted by Gasteiger charge is 2.06. The van der Waals surface area contributed by atoms with E-state index in [-0.39, 0.29) is 0 Å². The van der Waals surface area contributed by atoms with Gasteiger partial charge in [0.2, 0.25) is 0 Å². The third kappa shape index (κ3) is 8.27. The zero-order valence-electron chi connectivity index (χ0n) is 16.1. The van der Waals surface area contributed by atoms with Crippen molar-refractivity contribution in [1.82, 2.24) is 9.88 Å². The second-order valence-corrected chi connectivity index (χ2v) is 7.92. The summed E-state index contributed by atoms with van der Waals surface area (Å²) < 4.78 is 0.999. The number of aliphatic imine (C=N–C) groups is 1. The van der Waals surface area contributed by atoms with Gasteiger partial charge in [0.05, 0.1) is 4.90 Å². The summed E-state index contributed by atoms with van der Waals surface area (Å²) in [6, 6.07) is 2.10. The molecule has 1 heterocycles. The van der Waals surface area contributed by atoms with Crippen LogP contribution in [0.5, 0.6) is 0 Å². The molecule has 0 saturated heterocycles. The monoisotopic (exact) mass is 426 g/mol. The summed E-state index contributed by atoms with van der Waals surface area (Å²) in [5.41, 5.74) is 1.33. The molecule has 0 amide bonds. The molecule has 0 unspecified atom stereocenters. The molecule has 6 heteroatoms. The number of pyridine rings is 1. The lowest BCUT2D eigenvalue weighted by atomic mass is 10.2. The van der Waals surface area contributed by atoms with Crippen LogP contribution in [0.2, 0.25) is 0 Å². The van der Waals surface area contributed by atoms with Gasteiger partial charge in [0.25, 0.3) is 0 Å². The Hall–Kier alpha value is -1.01. The summed E-state index contributed by atoms with van der Waals surface area (Å²) in [6.07, 6.45) is 8.60. The Morgan fingerprint density at radius 1 is 1.40 bits per heavy atom. The van der Waals surface area contributed by atoms with Crippen molar-refractivity contribution in [2.24, 2.45) is 4.99 Å². The van der Waals surface area contributed by atoms with Crippen LogP contribution in [0, 0.1) is 0 Å². The van der Waals surface area contributed by atoms with Gasteiger partial charge in [-0.2, -0.15) is 0 Å². The van der Waals surface area contributed by atoms with Gasteiger partial charge in [0.15, 0.2) is 0 Å². The number of nitrogens with one attached hydrogen (secondary N) is 1. The maximum atomic E-state index is 4.67. The van der Waals surface area contributed by atoms with E-state index >= 15 is 0 Å². The highest BCUT2D eigenvalue weighted by Crippen LogP contribution is 2.29. The molecule has 0 aliphatic rings. The molecule has 0 radical (unpaired) electrons. The minimum absolute atomic E-state index is 0.916. The molecule has 1 rings (SSSR count). The Morgan fingerprint density at radius 2 is 2.16 bits per heavy atom. The normalized spacial score (nSPS) is 12.4. The summed E-state index contributed by atoms with van der Waals surface area (Å²) in [4.78, 5) is 12.5. The summed E-state index contributed by atoms with van der Waals surface area (Å²) in [5, 5.41) is 3.15. The molecule has 0 bridgehead atoms. The molecule has 1 aromatic rings. The van der Waals surface area contributed by atoms with Crippen LogP contribution in [0.3, 0.4) is 0 Å². The fourth-order valence-electron chi connectivity index (χ4n) is 2.16. The topological polar surface area (TPSA) is 40.5 Å². The van der Waals surface area contributed by atoms with Crippen LogP contribution in [0.1, 0.15) is 46.5 Å². The Kier molecular flexibility index (Phi) is 10.9. The molecule has 140 valence electrons. The molecule has 0 aliphatic heterocycles. The van der Waals surface area contributed by atoms with Gasteiger partial charge >= 0.3 is 0 Å². The molecule has 0 atom stereocenters. The molecule has 4 nitrogen and oxygen atoms in total. The lowest BCUT2D eigenvalue weighted by Gasteiger charge is -2.18. The van der Waals surface area contributed by atoms with Crippen molar-refractivity contribution in [2.75, 3.05) is 31.7 Å². The molecule has 0 aromatic carbocycles. The first-order valence-corrected chi connectivity index (χ1v) is 10.7. The van der Waals surface area contributed by atoms with E-state index in [1.54, 1.807) is 11.8 Å². The Morgan fingerprint density at radius 3 is 2.80 bits per heavy atom. The van der Waals surface area contributed by atoms with E-state index in [1.165, 1.54) is 24.8 Å². The van der Waals surface area contributed by atoms with E-state index < -0.39 is 0 Å². The quantitative estimate of drug-likeness (QED) is 0.221. The van der Waals surface area contributed by atoms with E-state index in [2.05, 4.69) is 70.0 Å². The molecular weight excluding hydrogens is 396 g/mol. The van der Waals surface area contributed by atoms with E-state index in [0.717, 1.165) is 39.7 Å². The van der Waals surface area contributed by atoms with Gasteiger partial charge < -0.3 is 10.2 Å². The van der Waals surface area contributed by atoms with E-state index in [1.807, 2.05) is 19.4 Å². The molecule has 1 N–H and O–H groups in total. The van der Waals surface area contributed by atoms with Crippen molar-refractivity contribution in [3.8, 4) is 0 Å². The van der Waals surface area contributed by atoms with Gasteiger partial charge in [0.1, 0.15) is 11.7 Å². The first-order valence-electron chi connectivity index (χ1n) is 8.91. The predicted octanol–water partition coefficient (Wildman–Crippen LogP) is 5.81. The molecule has 0 spiro atoms. The molecule has 0 aliphatic carbocycles. The average Bonchev–Trinajstić information content (AvgIpc) is 2.61. The number of aromatic nitrogens is 1. The minimum Gasteiger partial charge on any atom is -0.372 e. The van der Waals surface area contributed by atoms with Gasteiger partial charge in [-0.3, -0.25) is 0 Å². The number of hydrogen-bond donors (Lipinski definition) is 1. The number of nitrogens with zero attached hydrogens (tertiary/aromatic N) is 3. The summed E-state index contributed by atoms with van der Waals surface area (Å²) in [6.45, 7) is 7.57. The lowest BCUT2D eigenvalue weighted by molar-refractivity contribution is 0.473. The number of rotatable bonds is 10. The van der Waals surface area contributed by atoms with Crippen molar-refractivity contribution in [3.63, 3.8) is 0 Å². The fourth-order valence-corrected chi connectivity index (χ4v) is 3.77. The van der Waals surface area contributed by atoms with Crippen molar-refractivity contribution < 1.29 is 0 Å². The van der Waals surface area contributed by atoms with Gasteiger partial charge in [-0.1, -0.05) is 26.7 Å². The van der Waals surface area contributed by atoms with Gasteiger partial charge in [-0.15, -0.1) is 11.8 Å². The van der Waals surface area contributed by atoms with Gasteiger partial charge in [-0.25, -0.2) is 9.98 Å². The second kappa shape index (κ2) is 12.4. The number of halogens is 1. The van der Waals surface area contributed by atoms with Gasteiger partial charge in [0, 0.05) is 43.3 Å². The van der Waals surface area contributed by atoms with E-state index in [9.17, 15) is 0 Å². The second-order valence-electron chi connectivity index (χ2n) is 5.98. The first-order chi connectivity index (χ1) is 12.0. The van der Waals surface area contributed by atoms with Crippen molar-refractivity contribution in [2.45, 2.75) is 51.3 Å². The lowest BCUT2D eigenvalue weighted by Crippen LogP contribution is -2.25. The van der Waals surface area contributed by atoms with Crippen LogP contribution < -0.4 is 5.32 Å². The highest BCUT2D eigenvalue weighted by atomic mass is 79.9. The summed E-state index contributed by atoms with van der Waals surface area (Å²) in [7, 11) is 4.02. The largest absolute Gasteiger partial charge is 0.372 e. The number of hydrogen-bond acceptors (Lipinski definition) is 4. The van der Waals surface area contributed by atoms with Crippen LogP contribution in [0.25, 0.3) is 0 Å². The summed E-state index contributed by atoms with van der Waals surface area (Å²) in [5.74, 6) is 2.91.